The summed E-state index contributed by atoms with van der Waals surface area (Å²) >= 11 is 0. The summed E-state index contributed by atoms with van der Waals surface area (Å²) in [6, 6.07) is 0. The molecule has 0 aliphatic carbocycles. The van der Waals surface area contributed by atoms with Gasteiger partial charge in [-0.05, 0) is 6.42 Å². The van der Waals surface area contributed by atoms with Gasteiger partial charge in [-0.2, -0.15) is 0 Å². The van der Waals surface area contributed by atoms with Gasteiger partial charge in [-0.25, -0.2) is 4.79 Å². The average Bonchev–Trinajstić information content (AvgIpc) is 2.10. The summed E-state index contributed by atoms with van der Waals surface area (Å²) in [5, 5.41) is 16.3. The van der Waals surface area contributed by atoms with Crippen molar-refractivity contribution in [3.8, 4) is 0 Å². The predicted molar refractivity (Wildman–Crippen MR) is 46.4 cm³/mol. The number of carbonyl (C=O) groups is 1. The Hall–Kier alpha value is -1.09. The fourth-order valence-corrected chi connectivity index (χ4v) is 0.175. The van der Waals surface area contributed by atoms with Crippen molar-refractivity contribution in [1.82, 2.24) is 0 Å². The van der Waals surface area contributed by atoms with Gasteiger partial charge in [-0.15, -0.1) is 26.3 Å². The van der Waals surface area contributed by atoms with Gasteiger partial charge in [0.25, 0.3) is 0 Å². The maximum Gasteiger partial charge on any atom is 0.332 e. The van der Waals surface area contributed by atoms with E-state index in [1.807, 2.05) is 0 Å². The summed E-state index contributed by atoms with van der Waals surface area (Å²) in [7, 11) is 0. The van der Waals surface area contributed by atoms with Crippen LogP contribution >= 0.6 is 0 Å². The first kappa shape index (κ1) is 16.5. The molecule has 3 heteroatoms. The highest BCUT2D eigenvalue weighted by Crippen LogP contribution is 1.86. The van der Waals surface area contributed by atoms with Crippen LogP contribution in [-0.2, 0) is 4.79 Å². The summed E-state index contributed by atoms with van der Waals surface area (Å²) < 4.78 is 0. The van der Waals surface area contributed by atoms with E-state index in [-0.39, 0.29) is 6.42 Å². The molecule has 1 unspecified atom stereocenters. The van der Waals surface area contributed by atoms with Crippen LogP contribution in [0.25, 0.3) is 0 Å². The second kappa shape index (κ2) is 16.0. The van der Waals surface area contributed by atoms with E-state index in [4.69, 9.17) is 10.2 Å². The van der Waals surface area contributed by atoms with Crippen LogP contribution in [0.3, 0.4) is 0 Å². The van der Waals surface area contributed by atoms with E-state index in [0.717, 1.165) is 0 Å². The zero-order valence-corrected chi connectivity index (χ0v) is 6.92. The van der Waals surface area contributed by atoms with Crippen LogP contribution in [0.5, 0.6) is 0 Å². The zero-order valence-electron chi connectivity index (χ0n) is 6.92. The molecular formula is C8H16O3. The molecule has 0 saturated heterocycles. The molecule has 0 aliphatic heterocycles. The molecule has 0 fully saturated rings. The average molecular weight is 160 g/mol. The quantitative estimate of drug-likeness (QED) is 0.601. The van der Waals surface area contributed by atoms with Gasteiger partial charge < -0.3 is 10.2 Å². The smallest absolute Gasteiger partial charge is 0.332 e. The van der Waals surface area contributed by atoms with Crippen LogP contribution in [0.15, 0.2) is 26.3 Å². The molecule has 0 aliphatic rings. The van der Waals surface area contributed by atoms with Crippen molar-refractivity contribution in [2.75, 3.05) is 0 Å². The van der Waals surface area contributed by atoms with E-state index < -0.39 is 12.1 Å². The third-order valence-electron chi connectivity index (χ3n) is 0.672. The maximum atomic E-state index is 9.68. The molecule has 1 atom stereocenters. The van der Waals surface area contributed by atoms with Gasteiger partial charge >= 0.3 is 5.97 Å². The minimum atomic E-state index is -1.18. The molecule has 0 amide bonds. The topological polar surface area (TPSA) is 57.5 Å². The lowest BCUT2D eigenvalue weighted by atomic mass is 10.3. The molecule has 0 saturated carbocycles. The van der Waals surface area contributed by atoms with Crippen molar-refractivity contribution in [3.63, 3.8) is 0 Å². The van der Waals surface area contributed by atoms with Crippen molar-refractivity contribution in [2.24, 2.45) is 0 Å². The van der Waals surface area contributed by atoms with Crippen molar-refractivity contribution >= 4 is 5.97 Å². The SMILES string of the molecule is C=C.C=C.CCC(O)C(=O)O. The number of aliphatic carboxylic acids is 1. The third-order valence-corrected chi connectivity index (χ3v) is 0.672. The largest absolute Gasteiger partial charge is 0.479 e. The molecule has 0 aromatic carbocycles. The number of aliphatic hydroxyl groups is 1. The Balaban J connectivity index is -0.000000138. The first-order valence-corrected chi connectivity index (χ1v) is 3.09. The lowest BCUT2D eigenvalue weighted by Crippen LogP contribution is -2.17. The monoisotopic (exact) mass is 160 g/mol. The molecule has 0 aromatic heterocycles. The van der Waals surface area contributed by atoms with Crippen LogP contribution in [0.1, 0.15) is 13.3 Å². The van der Waals surface area contributed by atoms with Crippen LogP contribution < -0.4 is 0 Å². The zero-order chi connectivity index (χ0) is 9.86. The van der Waals surface area contributed by atoms with E-state index >= 15 is 0 Å². The Labute approximate surface area is 67.7 Å². The fourth-order valence-electron chi connectivity index (χ4n) is 0.175. The summed E-state index contributed by atoms with van der Waals surface area (Å²) in [5.74, 6) is -1.15. The lowest BCUT2D eigenvalue weighted by Gasteiger charge is -1.95. The first-order chi connectivity index (χ1) is 5.18. The fraction of sp³-hybridized carbons (Fsp3) is 0.375. The third kappa shape index (κ3) is 17.6. The van der Waals surface area contributed by atoms with Crippen LogP contribution in [0.2, 0.25) is 0 Å². The van der Waals surface area contributed by atoms with E-state index in [1.54, 1.807) is 6.92 Å². The number of hydrogen-bond donors (Lipinski definition) is 2. The van der Waals surface area contributed by atoms with Gasteiger partial charge in [-0.1, -0.05) is 6.92 Å². The van der Waals surface area contributed by atoms with Crippen molar-refractivity contribution in [2.45, 2.75) is 19.4 Å². The van der Waals surface area contributed by atoms with Gasteiger partial charge in [-0.3, -0.25) is 0 Å². The maximum absolute atomic E-state index is 9.68. The van der Waals surface area contributed by atoms with Gasteiger partial charge in [0.2, 0.25) is 0 Å². The highest BCUT2D eigenvalue weighted by atomic mass is 16.4. The van der Waals surface area contributed by atoms with E-state index in [1.165, 1.54) is 0 Å². The van der Waals surface area contributed by atoms with Crippen LogP contribution in [0.4, 0.5) is 0 Å². The van der Waals surface area contributed by atoms with Crippen molar-refractivity contribution < 1.29 is 15.0 Å². The first-order valence-electron chi connectivity index (χ1n) is 3.09. The summed E-state index contributed by atoms with van der Waals surface area (Å²) in [5.41, 5.74) is 0. The molecule has 66 valence electrons. The Morgan fingerprint density at radius 2 is 1.64 bits per heavy atom. The molecule has 0 radical (unpaired) electrons. The Morgan fingerprint density at radius 1 is 1.36 bits per heavy atom. The van der Waals surface area contributed by atoms with Gasteiger partial charge in [0, 0.05) is 0 Å². The molecule has 0 heterocycles. The van der Waals surface area contributed by atoms with Crippen molar-refractivity contribution in [1.29, 1.82) is 0 Å². The number of carboxylic acid groups (broad SMARTS) is 1. The molecule has 0 bridgehead atoms. The molecule has 0 spiro atoms. The van der Waals surface area contributed by atoms with Gasteiger partial charge in [0.1, 0.15) is 0 Å². The molecule has 0 aromatic rings. The lowest BCUT2D eigenvalue weighted by molar-refractivity contribution is -0.146. The Kier molecular flexibility index (Phi) is 23.9. The minimum Gasteiger partial charge on any atom is -0.479 e. The molecule has 3 nitrogen and oxygen atoms in total. The van der Waals surface area contributed by atoms with Gasteiger partial charge in [0.05, 0.1) is 0 Å². The van der Waals surface area contributed by atoms with Gasteiger partial charge in [0.15, 0.2) is 6.10 Å². The number of rotatable bonds is 2. The van der Waals surface area contributed by atoms with Crippen molar-refractivity contribution in [3.05, 3.63) is 26.3 Å². The van der Waals surface area contributed by atoms with E-state index in [0.29, 0.717) is 0 Å². The second-order valence-electron chi connectivity index (χ2n) is 1.26. The summed E-state index contributed by atoms with van der Waals surface area (Å²) in [6.07, 6.45) is -0.907. The molecule has 0 rings (SSSR count). The van der Waals surface area contributed by atoms with Crippen LogP contribution in [0, 0.1) is 0 Å². The predicted octanol–water partition coefficient (Wildman–Crippen LogP) is 1.45. The Morgan fingerprint density at radius 3 is 1.64 bits per heavy atom. The standard InChI is InChI=1S/C4H8O3.2C2H4/c1-2-3(5)4(6)7;2*1-2/h3,5H,2H2,1H3,(H,6,7);2*1-2H2. The normalized spacial score (nSPS) is 9.27. The number of carboxylic acids is 1. The van der Waals surface area contributed by atoms with Crippen LogP contribution in [-0.4, -0.2) is 22.3 Å². The second-order valence-corrected chi connectivity index (χ2v) is 1.26. The highest BCUT2D eigenvalue weighted by molar-refractivity contribution is 5.71. The summed E-state index contributed by atoms with van der Waals surface area (Å²) in [4.78, 5) is 9.68. The molecule has 2 N–H and O–H groups in total. The Bertz CT molecular complexity index is 89.3. The molecule has 11 heavy (non-hydrogen) atoms. The highest BCUT2D eigenvalue weighted by Gasteiger charge is 2.07. The minimum absolute atomic E-state index is 0.273. The molecular weight excluding hydrogens is 144 g/mol. The number of aliphatic hydroxyl groups excluding tert-OH is 1. The van der Waals surface area contributed by atoms with E-state index in [9.17, 15) is 4.79 Å². The van der Waals surface area contributed by atoms with E-state index in [2.05, 4.69) is 26.3 Å². The summed E-state index contributed by atoms with van der Waals surface area (Å²) in [6.45, 7) is 13.6. The number of hydrogen-bond acceptors (Lipinski definition) is 2.